The van der Waals surface area contributed by atoms with E-state index < -0.39 is 5.97 Å². The Morgan fingerprint density at radius 2 is 1.77 bits per heavy atom. The summed E-state index contributed by atoms with van der Waals surface area (Å²) in [5.74, 6) is 0.220. The number of allylic oxidation sites excluding steroid dienone is 1. The predicted molar refractivity (Wildman–Crippen MR) is 113 cm³/mol. The van der Waals surface area contributed by atoms with Crippen LogP contribution in [0.4, 0.5) is 0 Å². The summed E-state index contributed by atoms with van der Waals surface area (Å²) >= 11 is 6.15. The zero-order valence-electron chi connectivity index (χ0n) is 15.8. The van der Waals surface area contributed by atoms with Crippen LogP contribution in [0, 0.1) is 0 Å². The molecule has 0 aromatic heterocycles. The van der Waals surface area contributed by atoms with Crippen molar-refractivity contribution in [1.29, 1.82) is 0 Å². The molecule has 1 aliphatic heterocycles. The first-order valence-corrected chi connectivity index (χ1v) is 9.63. The summed E-state index contributed by atoms with van der Waals surface area (Å²) in [7, 11) is 0. The summed E-state index contributed by atoms with van der Waals surface area (Å²) < 4.78 is 16.4. The number of benzene rings is 3. The fraction of sp³-hybridized carbons (Fsp3) is 0.0833. The van der Waals surface area contributed by atoms with Crippen LogP contribution in [0.1, 0.15) is 21.5 Å². The zero-order valence-corrected chi connectivity index (χ0v) is 16.6. The van der Waals surface area contributed by atoms with Crippen LogP contribution in [-0.4, -0.2) is 18.4 Å². The minimum absolute atomic E-state index is 0.178. The maximum Gasteiger partial charge on any atom is 0.344 e. The van der Waals surface area contributed by atoms with Crippen LogP contribution in [0.2, 0.25) is 5.02 Å². The van der Waals surface area contributed by atoms with Gasteiger partial charge in [-0.05, 0) is 35.4 Å². The molecular weight excluding hydrogens is 404 g/mol. The highest BCUT2D eigenvalue weighted by molar-refractivity contribution is 6.32. The Morgan fingerprint density at radius 1 is 1.00 bits per heavy atom. The van der Waals surface area contributed by atoms with Crippen molar-refractivity contribution in [1.82, 2.24) is 0 Å². The molecule has 0 saturated heterocycles. The van der Waals surface area contributed by atoms with E-state index in [0.717, 1.165) is 5.56 Å². The highest BCUT2D eigenvalue weighted by Gasteiger charge is 2.28. The fourth-order valence-corrected chi connectivity index (χ4v) is 3.10. The van der Waals surface area contributed by atoms with Gasteiger partial charge in [0.15, 0.2) is 12.4 Å². The van der Waals surface area contributed by atoms with Gasteiger partial charge in [-0.3, -0.25) is 4.79 Å². The monoisotopic (exact) mass is 420 g/mol. The molecule has 0 amide bonds. The highest BCUT2D eigenvalue weighted by Crippen LogP contribution is 2.35. The van der Waals surface area contributed by atoms with Crippen molar-refractivity contribution < 1.29 is 23.8 Å². The Bertz CT molecular complexity index is 1120. The number of hydrogen-bond donors (Lipinski definition) is 0. The molecule has 0 fully saturated rings. The highest BCUT2D eigenvalue weighted by atomic mass is 35.5. The minimum Gasteiger partial charge on any atom is -0.482 e. The SMILES string of the molecule is O=C(COc1ccc2c(c1)OC(=Cc1ccccc1Cl)C2=O)OCc1ccccc1. The molecule has 0 radical (unpaired) electrons. The lowest BCUT2D eigenvalue weighted by Crippen LogP contribution is -2.14. The number of Topliss-reactive ketones (excluding diaryl/α,β-unsaturated/α-hetero) is 1. The first-order chi connectivity index (χ1) is 14.6. The third-order valence-electron chi connectivity index (χ3n) is 4.43. The molecule has 5 nitrogen and oxygen atoms in total. The molecule has 6 heteroatoms. The average Bonchev–Trinajstić information content (AvgIpc) is 3.08. The van der Waals surface area contributed by atoms with Crippen molar-refractivity contribution in [3.63, 3.8) is 0 Å². The number of esters is 1. The fourth-order valence-electron chi connectivity index (χ4n) is 2.91. The second-order valence-corrected chi connectivity index (χ2v) is 6.96. The molecule has 0 atom stereocenters. The number of ether oxygens (including phenoxy) is 3. The molecule has 30 heavy (non-hydrogen) atoms. The topological polar surface area (TPSA) is 61.8 Å². The number of carbonyl (C=O) groups is 2. The largest absolute Gasteiger partial charge is 0.482 e. The van der Waals surface area contributed by atoms with Crippen molar-refractivity contribution in [3.05, 3.63) is 100 Å². The molecule has 0 unspecified atom stereocenters. The maximum absolute atomic E-state index is 12.6. The smallest absolute Gasteiger partial charge is 0.344 e. The van der Waals surface area contributed by atoms with Crippen LogP contribution in [0.25, 0.3) is 6.08 Å². The Kier molecular flexibility index (Phi) is 5.82. The molecule has 150 valence electrons. The van der Waals surface area contributed by atoms with Crippen LogP contribution >= 0.6 is 11.6 Å². The number of rotatable bonds is 6. The molecule has 0 aliphatic carbocycles. The van der Waals surface area contributed by atoms with Gasteiger partial charge in [0.1, 0.15) is 18.1 Å². The van der Waals surface area contributed by atoms with Gasteiger partial charge in [0.2, 0.25) is 5.78 Å². The van der Waals surface area contributed by atoms with E-state index in [2.05, 4.69) is 0 Å². The molecule has 1 aliphatic rings. The van der Waals surface area contributed by atoms with Gasteiger partial charge in [-0.2, -0.15) is 0 Å². The summed E-state index contributed by atoms with van der Waals surface area (Å²) in [6, 6.07) is 21.4. The average molecular weight is 421 g/mol. The van der Waals surface area contributed by atoms with E-state index in [0.29, 0.717) is 27.6 Å². The Hall–Kier alpha value is -3.57. The van der Waals surface area contributed by atoms with Crippen molar-refractivity contribution in [2.75, 3.05) is 6.61 Å². The number of halogens is 1. The number of hydrogen-bond acceptors (Lipinski definition) is 5. The van der Waals surface area contributed by atoms with E-state index in [1.54, 1.807) is 36.4 Å². The zero-order chi connectivity index (χ0) is 20.9. The normalized spacial score (nSPS) is 13.6. The van der Waals surface area contributed by atoms with E-state index in [9.17, 15) is 9.59 Å². The Morgan fingerprint density at radius 3 is 2.57 bits per heavy atom. The van der Waals surface area contributed by atoms with Crippen LogP contribution in [-0.2, 0) is 16.1 Å². The molecule has 3 aromatic rings. The van der Waals surface area contributed by atoms with Crippen molar-refractivity contribution >= 4 is 29.4 Å². The van der Waals surface area contributed by atoms with Gasteiger partial charge in [0, 0.05) is 11.1 Å². The number of fused-ring (bicyclic) bond motifs is 1. The van der Waals surface area contributed by atoms with E-state index in [-0.39, 0.29) is 24.8 Å². The lowest BCUT2D eigenvalue weighted by Gasteiger charge is -2.08. The van der Waals surface area contributed by atoms with Gasteiger partial charge in [-0.15, -0.1) is 0 Å². The molecule has 0 spiro atoms. The third kappa shape index (κ3) is 4.53. The summed E-state index contributed by atoms with van der Waals surface area (Å²) in [5.41, 5.74) is 2.01. The number of carbonyl (C=O) groups excluding carboxylic acids is 2. The van der Waals surface area contributed by atoms with E-state index in [1.807, 2.05) is 42.5 Å². The maximum atomic E-state index is 12.6. The quantitative estimate of drug-likeness (QED) is 0.411. The third-order valence-corrected chi connectivity index (χ3v) is 4.78. The molecule has 1 heterocycles. The second-order valence-electron chi connectivity index (χ2n) is 6.55. The summed E-state index contributed by atoms with van der Waals surface area (Å²) in [5, 5.41) is 0.524. The van der Waals surface area contributed by atoms with Gasteiger partial charge < -0.3 is 14.2 Å². The minimum atomic E-state index is -0.490. The lowest BCUT2D eigenvalue weighted by atomic mass is 10.1. The van der Waals surface area contributed by atoms with Crippen molar-refractivity contribution in [2.24, 2.45) is 0 Å². The van der Waals surface area contributed by atoms with Crippen molar-refractivity contribution in [3.8, 4) is 11.5 Å². The van der Waals surface area contributed by atoms with Crippen LogP contribution in [0.5, 0.6) is 11.5 Å². The van der Waals surface area contributed by atoms with Gasteiger partial charge in [0.25, 0.3) is 0 Å². The van der Waals surface area contributed by atoms with E-state index in [1.165, 1.54) is 0 Å². The van der Waals surface area contributed by atoms with Gasteiger partial charge in [-0.1, -0.05) is 60.1 Å². The Labute approximate surface area is 178 Å². The van der Waals surface area contributed by atoms with E-state index in [4.69, 9.17) is 25.8 Å². The Balaban J connectivity index is 1.38. The summed E-state index contributed by atoms with van der Waals surface area (Å²) in [6.45, 7) is -0.0665. The van der Waals surface area contributed by atoms with E-state index >= 15 is 0 Å². The molecule has 0 N–H and O–H groups in total. The molecular formula is C24H17ClO5. The van der Waals surface area contributed by atoms with Gasteiger partial charge in [-0.25, -0.2) is 4.79 Å². The lowest BCUT2D eigenvalue weighted by molar-refractivity contribution is -0.147. The number of ketones is 1. The van der Waals surface area contributed by atoms with Crippen LogP contribution < -0.4 is 9.47 Å². The molecule has 0 bridgehead atoms. The summed E-state index contributed by atoms with van der Waals surface area (Å²) in [4.78, 5) is 24.5. The van der Waals surface area contributed by atoms with Crippen LogP contribution in [0.15, 0.2) is 78.6 Å². The first kappa shape index (κ1) is 19.7. The van der Waals surface area contributed by atoms with Crippen LogP contribution in [0.3, 0.4) is 0 Å². The van der Waals surface area contributed by atoms with Gasteiger partial charge in [0.05, 0.1) is 5.56 Å². The summed E-state index contributed by atoms with van der Waals surface area (Å²) in [6.07, 6.45) is 1.60. The molecule has 3 aromatic carbocycles. The van der Waals surface area contributed by atoms with Gasteiger partial charge >= 0.3 is 5.97 Å². The molecule has 4 rings (SSSR count). The predicted octanol–water partition coefficient (Wildman–Crippen LogP) is 5.08. The first-order valence-electron chi connectivity index (χ1n) is 9.25. The standard InChI is InChI=1S/C24H17ClO5/c25-20-9-5-4-8-17(20)12-22-24(27)19-11-10-18(13-21(19)30-22)28-15-23(26)29-14-16-6-2-1-3-7-16/h1-13H,14-15H2. The van der Waals surface area contributed by atoms with Crippen molar-refractivity contribution in [2.45, 2.75) is 6.61 Å². The second kappa shape index (κ2) is 8.84. The molecule has 0 saturated carbocycles.